The minimum atomic E-state index is -0.623. The highest BCUT2D eigenvalue weighted by Crippen LogP contribution is 2.35. The molecule has 0 N–H and O–H groups in total. The van der Waals surface area contributed by atoms with Gasteiger partial charge in [0, 0.05) is 0 Å². The van der Waals surface area contributed by atoms with E-state index in [9.17, 15) is 4.39 Å². The summed E-state index contributed by atoms with van der Waals surface area (Å²) in [5.74, 6) is 2.69. The van der Waals surface area contributed by atoms with Crippen LogP contribution in [-0.2, 0) is 0 Å². The number of nitrogens with zero attached hydrogens (tertiary/aromatic N) is 1. The smallest absolute Gasteiger partial charge is 0.195 e. The van der Waals surface area contributed by atoms with E-state index < -0.39 is 5.83 Å². The van der Waals surface area contributed by atoms with Crippen molar-refractivity contribution in [3.8, 4) is 6.07 Å². The van der Waals surface area contributed by atoms with Gasteiger partial charge in [0.2, 0.25) is 0 Å². The fraction of sp³-hybridized carbons (Fsp3) is 0.792. The molecule has 0 atom stereocenters. The van der Waals surface area contributed by atoms with Gasteiger partial charge in [-0.05, 0) is 94.0 Å². The van der Waals surface area contributed by atoms with Gasteiger partial charge in [0.15, 0.2) is 5.83 Å². The van der Waals surface area contributed by atoms with Crippen molar-refractivity contribution in [2.45, 2.75) is 96.8 Å². The van der Waals surface area contributed by atoms with Crippen molar-refractivity contribution < 1.29 is 4.39 Å². The average Bonchev–Trinajstić information content (AvgIpc) is 2.68. The van der Waals surface area contributed by atoms with Gasteiger partial charge in [-0.2, -0.15) is 9.65 Å². The molecule has 0 amide bonds. The molecule has 0 saturated heterocycles. The highest BCUT2D eigenvalue weighted by atomic mass is 19.1. The predicted molar refractivity (Wildman–Crippen MR) is 108 cm³/mol. The summed E-state index contributed by atoms with van der Waals surface area (Å²) in [6.07, 6.45) is 24.7. The molecule has 0 radical (unpaired) electrons. The third kappa shape index (κ3) is 8.07. The normalized spacial score (nSPS) is 30.4. The van der Waals surface area contributed by atoms with Crippen LogP contribution in [0.3, 0.4) is 0 Å². The van der Waals surface area contributed by atoms with E-state index in [-0.39, 0.29) is 0 Å². The summed E-state index contributed by atoms with van der Waals surface area (Å²) >= 11 is 0. The summed E-state index contributed by atoms with van der Waals surface area (Å²) in [7, 11) is 0. The molecule has 0 unspecified atom stereocenters. The molecule has 0 spiro atoms. The molecule has 2 fully saturated rings. The van der Waals surface area contributed by atoms with Crippen LogP contribution in [0.2, 0.25) is 0 Å². The third-order valence-corrected chi connectivity index (χ3v) is 6.66. The van der Waals surface area contributed by atoms with Crippen LogP contribution >= 0.6 is 0 Å². The molecule has 0 aromatic heterocycles. The van der Waals surface area contributed by atoms with Crippen molar-refractivity contribution >= 4 is 0 Å². The summed E-state index contributed by atoms with van der Waals surface area (Å²) in [6.45, 7) is 2.29. The number of unbranched alkanes of at least 4 members (excludes halogenated alkanes) is 2. The molecule has 2 heteroatoms. The standard InChI is InChI=1S/C24H38FN/c1-2-3-4-6-20-9-13-22(14-10-20)17-18-23-15-11-21(12-16-23)7-5-8-24(25)19-26/h8,17-18,20-23H,2-7,9-16H2,1H3/b18-17+,24-8?. The van der Waals surface area contributed by atoms with E-state index in [1.54, 1.807) is 6.07 Å². The third-order valence-electron chi connectivity index (χ3n) is 6.66. The zero-order valence-corrected chi connectivity index (χ0v) is 16.8. The molecule has 0 aliphatic heterocycles. The molecule has 0 bridgehead atoms. The Morgan fingerprint density at radius 2 is 1.42 bits per heavy atom. The quantitative estimate of drug-likeness (QED) is 0.233. The second-order valence-electron chi connectivity index (χ2n) is 8.68. The minimum Gasteiger partial charge on any atom is -0.195 e. The molecule has 0 aromatic carbocycles. The molecule has 146 valence electrons. The fourth-order valence-corrected chi connectivity index (χ4v) is 4.83. The van der Waals surface area contributed by atoms with Crippen molar-refractivity contribution in [2.24, 2.45) is 23.7 Å². The molecule has 2 aliphatic rings. The highest BCUT2D eigenvalue weighted by Gasteiger charge is 2.21. The van der Waals surface area contributed by atoms with Crippen LogP contribution in [0.25, 0.3) is 0 Å². The largest absolute Gasteiger partial charge is 0.196 e. The van der Waals surface area contributed by atoms with Gasteiger partial charge in [0.25, 0.3) is 0 Å². The molecule has 2 aliphatic carbocycles. The van der Waals surface area contributed by atoms with E-state index >= 15 is 0 Å². The summed E-state index contributed by atoms with van der Waals surface area (Å²) in [5.41, 5.74) is 0. The van der Waals surface area contributed by atoms with Crippen molar-refractivity contribution in [1.82, 2.24) is 0 Å². The van der Waals surface area contributed by atoms with E-state index in [2.05, 4.69) is 19.1 Å². The number of hydrogen-bond acceptors (Lipinski definition) is 1. The Hall–Kier alpha value is -1.10. The molecule has 26 heavy (non-hydrogen) atoms. The monoisotopic (exact) mass is 359 g/mol. The van der Waals surface area contributed by atoms with Crippen LogP contribution in [0.4, 0.5) is 4.39 Å². The Labute approximate surface area is 160 Å². The second kappa shape index (κ2) is 12.3. The van der Waals surface area contributed by atoms with Gasteiger partial charge >= 0.3 is 0 Å². The van der Waals surface area contributed by atoms with Crippen LogP contribution < -0.4 is 0 Å². The summed E-state index contributed by atoms with van der Waals surface area (Å²) < 4.78 is 12.8. The summed E-state index contributed by atoms with van der Waals surface area (Å²) in [6, 6.07) is 1.56. The lowest BCUT2D eigenvalue weighted by Crippen LogP contribution is -2.15. The molecular weight excluding hydrogens is 321 g/mol. The zero-order chi connectivity index (χ0) is 18.6. The highest BCUT2D eigenvalue weighted by molar-refractivity contribution is 5.11. The average molecular weight is 360 g/mol. The van der Waals surface area contributed by atoms with Gasteiger partial charge in [-0.1, -0.05) is 44.8 Å². The van der Waals surface area contributed by atoms with Gasteiger partial charge in [-0.3, -0.25) is 0 Å². The van der Waals surface area contributed by atoms with Crippen LogP contribution in [-0.4, -0.2) is 0 Å². The van der Waals surface area contributed by atoms with Crippen LogP contribution in [0.15, 0.2) is 24.1 Å². The minimum absolute atomic E-state index is 0.623. The van der Waals surface area contributed by atoms with Crippen molar-refractivity contribution in [1.29, 1.82) is 5.26 Å². The van der Waals surface area contributed by atoms with Gasteiger partial charge in [0.05, 0.1) is 0 Å². The maximum Gasteiger partial charge on any atom is 0.196 e. The molecule has 2 saturated carbocycles. The topological polar surface area (TPSA) is 23.8 Å². The van der Waals surface area contributed by atoms with Crippen LogP contribution in [0, 0.1) is 35.0 Å². The maximum absolute atomic E-state index is 12.8. The number of rotatable bonds is 9. The first-order valence-corrected chi connectivity index (χ1v) is 11.1. The van der Waals surface area contributed by atoms with E-state index in [1.807, 2.05) is 0 Å². The number of hydrogen-bond donors (Lipinski definition) is 0. The molecule has 0 heterocycles. The van der Waals surface area contributed by atoms with Gasteiger partial charge in [-0.15, -0.1) is 0 Å². The predicted octanol–water partition coefficient (Wildman–Crippen LogP) is 7.89. The second-order valence-corrected chi connectivity index (χ2v) is 8.68. The Morgan fingerprint density at radius 1 is 0.885 bits per heavy atom. The summed E-state index contributed by atoms with van der Waals surface area (Å²) in [5, 5.41) is 8.43. The molecule has 0 aromatic rings. The van der Waals surface area contributed by atoms with Crippen molar-refractivity contribution in [2.75, 3.05) is 0 Å². The van der Waals surface area contributed by atoms with Crippen LogP contribution in [0.1, 0.15) is 96.8 Å². The Morgan fingerprint density at radius 3 is 1.92 bits per heavy atom. The van der Waals surface area contributed by atoms with Gasteiger partial charge < -0.3 is 0 Å². The fourth-order valence-electron chi connectivity index (χ4n) is 4.83. The molecule has 2 rings (SSSR count). The molecule has 1 nitrogen and oxygen atoms in total. The number of allylic oxidation sites excluding steroid dienone is 4. The van der Waals surface area contributed by atoms with Gasteiger partial charge in [0.1, 0.15) is 6.07 Å². The first-order chi connectivity index (χ1) is 12.7. The van der Waals surface area contributed by atoms with Crippen molar-refractivity contribution in [3.05, 3.63) is 24.1 Å². The van der Waals surface area contributed by atoms with E-state index in [4.69, 9.17) is 5.26 Å². The lowest BCUT2D eigenvalue weighted by atomic mass is 9.77. The first kappa shape index (κ1) is 21.2. The Balaban J connectivity index is 1.59. The lowest BCUT2D eigenvalue weighted by Gasteiger charge is -2.29. The molecular formula is C24H38FN. The van der Waals surface area contributed by atoms with Crippen LogP contribution in [0.5, 0.6) is 0 Å². The SMILES string of the molecule is CCCCCC1CCC(/C=C/C2CCC(CCC=C(F)C#N)CC2)CC1. The first-order valence-electron chi connectivity index (χ1n) is 11.1. The van der Waals surface area contributed by atoms with Gasteiger partial charge in [-0.25, -0.2) is 0 Å². The van der Waals surface area contributed by atoms with E-state index in [1.165, 1.54) is 83.1 Å². The van der Waals surface area contributed by atoms with E-state index in [0.717, 1.165) is 30.1 Å². The summed E-state index contributed by atoms with van der Waals surface area (Å²) in [4.78, 5) is 0. The lowest BCUT2D eigenvalue weighted by molar-refractivity contribution is 0.283. The Bertz CT molecular complexity index is 471. The maximum atomic E-state index is 12.8. The number of nitriles is 1. The van der Waals surface area contributed by atoms with Crippen molar-refractivity contribution in [3.63, 3.8) is 0 Å². The Kier molecular flexibility index (Phi) is 10.0. The number of halogens is 1. The van der Waals surface area contributed by atoms with E-state index in [0.29, 0.717) is 6.42 Å². The zero-order valence-electron chi connectivity index (χ0n) is 16.8.